The Hall–Kier alpha value is -2.99. The molecule has 0 saturated heterocycles. The second-order valence-electron chi connectivity index (χ2n) is 4.90. The molecule has 0 bridgehead atoms. The number of hydrogen-bond acceptors (Lipinski definition) is 4. The zero-order valence-electron chi connectivity index (χ0n) is 12.5. The Morgan fingerprint density at radius 3 is 2.33 bits per heavy atom. The van der Waals surface area contributed by atoms with Crippen LogP contribution in [0.25, 0.3) is 22.3 Å². The smallest absolute Gasteiger partial charge is 0.369 e. The van der Waals surface area contributed by atoms with Crippen LogP contribution in [0, 0.1) is 0 Å². The number of hydrogen-bond donors (Lipinski definition) is 3. The molecule has 0 saturated carbocycles. The van der Waals surface area contributed by atoms with E-state index < -0.39 is 5.97 Å². The van der Waals surface area contributed by atoms with Gasteiger partial charge in [-0.05, 0) is 24.3 Å². The molecule has 0 aliphatic rings. The third kappa shape index (κ3) is 3.04. The molecule has 124 valence electrons. The van der Waals surface area contributed by atoms with Crippen molar-refractivity contribution in [2.24, 2.45) is 0 Å². The van der Waals surface area contributed by atoms with Gasteiger partial charge in [-0.25, -0.2) is 9.21 Å². The minimum absolute atomic E-state index is 0. The average molecular weight is 349 g/mol. The molecule has 0 atom stereocenters. The monoisotopic (exact) mass is 348 g/mol. The topological polar surface area (TPSA) is 98.3 Å². The first-order chi connectivity index (χ1) is 11.0. The van der Waals surface area contributed by atoms with E-state index in [-0.39, 0.29) is 40.4 Å². The van der Waals surface area contributed by atoms with Crippen LogP contribution in [0.2, 0.25) is 0 Å². The number of rotatable bonds is 3. The van der Waals surface area contributed by atoms with Crippen LogP contribution in [0.3, 0.4) is 0 Å². The highest BCUT2D eigenvalue weighted by molar-refractivity contribution is 6.05. The molecule has 0 amide bonds. The summed E-state index contributed by atoms with van der Waals surface area (Å²) < 4.78 is 10.7. The fraction of sp³-hybridized carbons (Fsp3) is 0.0588. The van der Waals surface area contributed by atoms with Crippen molar-refractivity contribution in [2.45, 2.75) is 0 Å². The maximum Gasteiger partial charge on any atom is 0.369 e. The first-order valence-electron chi connectivity index (χ1n) is 6.70. The van der Waals surface area contributed by atoms with Gasteiger partial charge in [0.1, 0.15) is 22.6 Å². The molecule has 7 heteroatoms. The van der Waals surface area contributed by atoms with Gasteiger partial charge in [-0.2, -0.15) is 0 Å². The summed E-state index contributed by atoms with van der Waals surface area (Å²) in [5.41, 5.74) is 0.598. The van der Waals surface area contributed by atoms with Crippen LogP contribution in [0.5, 0.6) is 17.2 Å². The second-order valence-corrected chi connectivity index (χ2v) is 4.90. The second kappa shape index (κ2) is 6.64. The molecule has 0 radical (unpaired) electrons. The number of aromatic carboxylic acids is 1. The molecule has 0 fully saturated rings. The van der Waals surface area contributed by atoms with Gasteiger partial charge >= 0.3 is 17.3 Å². The number of carboxylic acid groups (broad SMARTS) is 1. The highest BCUT2D eigenvalue weighted by Crippen LogP contribution is 2.36. The van der Waals surface area contributed by atoms with E-state index in [1.807, 2.05) is 0 Å². The van der Waals surface area contributed by atoms with Gasteiger partial charge in [0.2, 0.25) is 0 Å². The molecule has 0 aliphatic heterocycles. The van der Waals surface area contributed by atoms with Crippen molar-refractivity contribution in [1.82, 2.24) is 0 Å². The van der Waals surface area contributed by atoms with E-state index in [0.29, 0.717) is 17.1 Å². The molecule has 0 aliphatic carbocycles. The number of phenols is 2. The minimum Gasteiger partial charge on any atom is -1.00 e. The highest BCUT2D eigenvalue weighted by Gasteiger charge is 2.25. The largest absolute Gasteiger partial charge is 1.00 e. The number of ether oxygens (including phenoxy) is 1. The summed E-state index contributed by atoms with van der Waals surface area (Å²) in [4.78, 5) is 11.5. The molecule has 3 aromatic rings. The molecule has 2 aromatic carbocycles. The Labute approximate surface area is 143 Å². The van der Waals surface area contributed by atoms with Crippen LogP contribution in [-0.4, -0.2) is 28.4 Å². The average Bonchev–Trinajstić information content (AvgIpc) is 2.53. The predicted octanol–water partition coefficient (Wildman–Crippen LogP) is 0.503. The number of benzene rings is 2. The first kappa shape index (κ1) is 17.4. The Bertz CT molecular complexity index is 905. The zero-order chi connectivity index (χ0) is 16.6. The Morgan fingerprint density at radius 1 is 1.08 bits per heavy atom. The predicted molar refractivity (Wildman–Crippen MR) is 82.9 cm³/mol. The van der Waals surface area contributed by atoms with Gasteiger partial charge in [-0.3, -0.25) is 0 Å². The number of halogens is 1. The molecular weight excluding hydrogens is 336 g/mol. The minimum atomic E-state index is -1.21. The number of methoxy groups -OCH3 is 1. The Morgan fingerprint density at radius 2 is 1.75 bits per heavy atom. The Kier molecular flexibility index (Phi) is 4.80. The lowest BCUT2D eigenvalue weighted by atomic mass is 10.0. The first-order valence-corrected chi connectivity index (χ1v) is 6.70. The zero-order valence-corrected chi connectivity index (χ0v) is 13.2. The van der Waals surface area contributed by atoms with Gasteiger partial charge in [-0.1, -0.05) is 0 Å². The summed E-state index contributed by atoms with van der Waals surface area (Å²) >= 11 is 0. The van der Waals surface area contributed by atoms with Crippen LogP contribution in [0.4, 0.5) is 0 Å². The molecule has 0 spiro atoms. The summed E-state index contributed by atoms with van der Waals surface area (Å²) in [6.07, 6.45) is 0. The fourth-order valence-electron chi connectivity index (χ4n) is 2.36. The molecule has 24 heavy (non-hydrogen) atoms. The van der Waals surface area contributed by atoms with Gasteiger partial charge in [0.05, 0.1) is 30.4 Å². The van der Waals surface area contributed by atoms with Gasteiger partial charge in [-0.15, -0.1) is 0 Å². The number of aromatic hydroxyl groups is 2. The summed E-state index contributed by atoms with van der Waals surface area (Å²) in [6.45, 7) is 0. The molecule has 6 nitrogen and oxygen atoms in total. The van der Waals surface area contributed by atoms with Crippen LogP contribution in [0.1, 0.15) is 10.4 Å². The molecular formula is C17H13ClO6. The maximum atomic E-state index is 11.5. The number of phenolic OH excluding ortho intramolecular Hbond substituents is 2. The van der Waals surface area contributed by atoms with Crippen molar-refractivity contribution in [1.29, 1.82) is 0 Å². The van der Waals surface area contributed by atoms with Crippen LogP contribution >= 0.6 is 0 Å². The number of carbonyl (C=O) groups is 1. The standard InChI is InChI=1S/C17H12O6.ClH/c1-22-11-4-2-9(3-5-11)14-8-12(17(20)21)16-13(19)6-10(18)7-15(16)23-14;/h2-8H,1H3,(H2-,18,19,20,21);1H. The summed E-state index contributed by atoms with van der Waals surface area (Å²) in [5.74, 6) is -0.836. The van der Waals surface area contributed by atoms with E-state index in [0.717, 1.165) is 6.07 Å². The van der Waals surface area contributed by atoms with Gasteiger partial charge in [0, 0.05) is 6.07 Å². The highest BCUT2D eigenvalue weighted by atomic mass is 35.5. The molecule has 0 unspecified atom stereocenters. The molecule has 3 N–H and O–H groups in total. The van der Waals surface area contributed by atoms with Crippen molar-refractivity contribution in [2.75, 3.05) is 7.11 Å². The number of carboxylic acids is 1. The van der Waals surface area contributed by atoms with E-state index in [1.54, 1.807) is 31.4 Å². The van der Waals surface area contributed by atoms with Crippen molar-refractivity contribution in [3.63, 3.8) is 0 Å². The van der Waals surface area contributed by atoms with Gasteiger partial charge in [0.25, 0.3) is 0 Å². The maximum absolute atomic E-state index is 11.5. The molecule has 1 aromatic heterocycles. The van der Waals surface area contributed by atoms with E-state index in [4.69, 9.17) is 9.15 Å². The van der Waals surface area contributed by atoms with Crippen LogP contribution in [0.15, 0.2) is 46.9 Å². The Balaban J connectivity index is 0.00000208. The summed E-state index contributed by atoms with van der Waals surface area (Å²) in [6, 6.07) is 10.5. The summed E-state index contributed by atoms with van der Waals surface area (Å²) in [7, 11) is 1.55. The van der Waals surface area contributed by atoms with Crippen molar-refractivity contribution >= 4 is 16.9 Å². The third-order valence-corrected chi connectivity index (χ3v) is 3.44. The van der Waals surface area contributed by atoms with E-state index in [2.05, 4.69) is 0 Å². The van der Waals surface area contributed by atoms with E-state index in [1.165, 1.54) is 12.1 Å². The van der Waals surface area contributed by atoms with E-state index >= 15 is 0 Å². The molecule has 3 rings (SSSR count). The van der Waals surface area contributed by atoms with Gasteiger partial charge in [0.15, 0.2) is 0 Å². The van der Waals surface area contributed by atoms with E-state index in [9.17, 15) is 20.1 Å². The molecule has 1 heterocycles. The lowest BCUT2D eigenvalue weighted by Crippen LogP contribution is -3.00. The normalized spacial score (nSPS) is 10.2. The SMILES string of the molecule is COc1ccc(-c2cc(C(=O)O)c3c(O)cc(O)cc3[o+]2)cc1.[Cl-]. The van der Waals surface area contributed by atoms with Crippen molar-refractivity contribution < 1.29 is 41.7 Å². The van der Waals surface area contributed by atoms with Crippen molar-refractivity contribution in [3.05, 3.63) is 48.0 Å². The fourth-order valence-corrected chi connectivity index (χ4v) is 2.36. The lowest BCUT2D eigenvalue weighted by Gasteiger charge is -2.02. The van der Waals surface area contributed by atoms with Crippen LogP contribution in [-0.2, 0) is 0 Å². The quantitative estimate of drug-likeness (QED) is 0.596. The lowest BCUT2D eigenvalue weighted by molar-refractivity contribution is -0.0000227. The number of fused-ring (bicyclic) bond motifs is 1. The third-order valence-electron chi connectivity index (χ3n) is 3.44. The van der Waals surface area contributed by atoms with Gasteiger partial charge < -0.3 is 32.5 Å². The summed E-state index contributed by atoms with van der Waals surface area (Å²) in [5, 5.41) is 28.9. The van der Waals surface area contributed by atoms with Crippen molar-refractivity contribution in [3.8, 4) is 28.6 Å². The van der Waals surface area contributed by atoms with Crippen LogP contribution < -0.4 is 17.1 Å².